The summed E-state index contributed by atoms with van der Waals surface area (Å²) in [5.74, 6) is 0. The number of aliphatic hydroxyl groups excluding tert-OH is 1. The first-order valence-electron chi connectivity index (χ1n) is 6.19. The third-order valence-corrected chi connectivity index (χ3v) is 3.04. The average Bonchev–Trinajstić information content (AvgIpc) is 2.54. The zero-order chi connectivity index (χ0) is 12.0. The third kappa shape index (κ3) is 4.39. The van der Waals surface area contributed by atoms with Crippen molar-refractivity contribution in [2.75, 3.05) is 26.2 Å². The largest absolute Gasteiger partial charge is 0.396 e. The standard InChI is InChI=1S/C12H24N2O2/c1-12(2,10-15)9-13-11(16)14-7-5-3-4-6-8-14/h15H,3-10H2,1-2H3,(H,13,16). The first kappa shape index (κ1) is 13.3. The summed E-state index contributed by atoms with van der Waals surface area (Å²) in [5.41, 5.74) is -0.235. The van der Waals surface area contributed by atoms with Crippen LogP contribution in [-0.2, 0) is 0 Å². The van der Waals surface area contributed by atoms with Crippen molar-refractivity contribution >= 4 is 6.03 Å². The van der Waals surface area contributed by atoms with Crippen LogP contribution < -0.4 is 5.32 Å². The first-order valence-corrected chi connectivity index (χ1v) is 6.19. The number of urea groups is 1. The van der Waals surface area contributed by atoms with Crippen LogP contribution >= 0.6 is 0 Å². The number of likely N-dealkylation sites (tertiary alicyclic amines) is 1. The molecule has 0 radical (unpaired) electrons. The molecule has 1 aliphatic heterocycles. The zero-order valence-electron chi connectivity index (χ0n) is 10.5. The molecule has 0 saturated carbocycles. The molecule has 2 N–H and O–H groups in total. The van der Waals surface area contributed by atoms with E-state index in [-0.39, 0.29) is 18.1 Å². The molecular weight excluding hydrogens is 204 g/mol. The van der Waals surface area contributed by atoms with E-state index in [2.05, 4.69) is 5.32 Å². The van der Waals surface area contributed by atoms with E-state index in [9.17, 15) is 4.79 Å². The predicted octanol–water partition coefficient (Wildman–Crippen LogP) is 1.59. The summed E-state index contributed by atoms with van der Waals surface area (Å²) in [6.07, 6.45) is 4.67. The topological polar surface area (TPSA) is 52.6 Å². The van der Waals surface area contributed by atoms with E-state index in [1.54, 1.807) is 0 Å². The maximum absolute atomic E-state index is 11.8. The lowest BCUT2D eigenvalue weighted by Crippen LogP contribution is -2.44. The van der Waals surface area contributed by atoms with Crippen molar-refractivity contribution in [3.63, 3.8) is 0 Å². The van der Waals surface area contributed by atoms with Crippen LogP contribution in [0.4, 0.5) is 4.79 Å². The smallest absolute Gasteiger partial charge is 0.317 e. The van der Waals surface area contributed by atoms with E-state index in [0.717, 1.165) is 25.9 Å². The van der Waals surface area contributed by atoms with Crippen molar-refractivity contribution in [3.8, 4) is 0 Å². The highest BCUT2D eigenvalue weighted by Crippen LogP contribution is 2.13. The van der Waals surface area contributed by atoms with E-state index in [1.807, 2.05) is 18.7 Å². The monoisotopic (exact) mass is 228 g/mol. The number of hydrogen-bond donors (Lipinski definition) is 2. The lowest BCUT2D eigenvalue weighted by atomic mass is 9.95. The van der Waals surface area contributed by atoms with Crippen LogP contribution in [0.3, 0.4) is 0 Å². The second-order valence-corrected chi connectivity index (χ2v) is 5.38. The lowest BCUT2D eigenvalue weighted by molar-refractivity contribution is 0.150. The number of carbonyl (C=O) groups excluding carboxylic acids is 1. The number of hydrogen-bond acceptors (Lipinski definition) is 2. The summed E-state index contributed by atoms with van der Waals surface area (Å²) in [4.78, 5) is 13.7. The molecule has 0 aromatic rings. The molecule has 1 heterocycles. The van der Waals surface area contributed by atoms with Crippen LogP contribution in [0.1, 0.15) is 39.5 Å². The van der Waals surface area contributed by atoms with Gasteiger partial charge in [0.15, 0.2) is 0 Å². The van der Waals surface area contributed by atoms with Gasteiger partial charge in [-0.3, -0.25) is 0 Å². The van der Waals surface area contributed by atoms with Crippen molar-refractivity contribution in [2.45, 2.75) is 39.5 Å². The number of nitrogens with zero attached hydrogens (tertiary/aromatic N) is 1. The highest BCUT2D eigenvalue weighted by molar-refractivity contribution is 5.74. The fourth-order valence-corrected chi connectivity index (χ4v) is 1.76. The summed E-state index contributed by atoms with van der Waals surface area (Å²) >= 11 is 0. The van der Waals surface area contributed by atoms with Gasteiger partial charge in [-0.25, -0.2) is 4.79 Å². The van der Waals surface area contributed by atoms with Gasteiger partial charge < -0.3 is 15.3 Å². The Hall–Kier alpha value is -0.770. The Bertz CT molecular complexity index is 221. The molecule has 1 aliphatic rings. The van der Waals surface area contributed by atoms with Gasteiger partial charge in [0.25, 0.3) is 0 Å². The minimum absolute atomic E-state index is 0.0171. The Morgan fingerprint density at radius 2 is 1.81 bits per heavy atom. The zero-order valence-corrected chi connectivity index (χ0v) is 10.5. The van der Waals surface area contributed by atoms with Crippen LogP contribution in [0.2, 0.25) is 0 Å². The molecule has 2 amide bonds. The summed E-state index contributed by atoms with van der Waals surface area (Å²) in [5, 5.41) is 12.0. The van der Waals surface area contributed by atoms with Crippen LogP contribution in [0, 0.1) is 5.41 Å². The molecule has 0 aliphatic carbocycles. The van der Waals surface area contributed by atoms with E-state index in [1.165, 1.54) is 12.8 Å². The molecular formula is C12H24N2O2. The Morgan fingerprint density at radius 1 is 1.25 bits per heavy atom. The van der Waals surface area contributed by atoms with Gasteiger partial charge in [0.05, 0.1) is 0 Å². The fraction of sp³-hybridized carbons (Fsp3) is 0.917. The molecule has 0 unspecified atom stereocenters. The van der Waals surface area contributed by atoms with Gasteiger partial charge in [-0.15, -0.1) is 0 Å². The highest BCUT2D eigenvalue weighted by Gasteiger charge is 2.20. The number of amides is 2. The molecule has 4 heteroatoms. The molecule has 0 aromatic carbocycles. The minimum Gasteiger partial charge on any atom is -0.396 e. The van der Waals surface area contributed by atoms with Crippen LogP contribution in [0.5, 0.6) is 0 Å². The quantitative estimate of drug-likeness (QED) is 0.770. The molecule has 0 atom stereocenters. The Balaban J connectivity index is 2.33. The van der Waals surface area contributed by atoms with Crippen molar-refractivity contribution in [1.29, 1.82) is 0 Å². The van der Waals surface area contributed by atoms with Gasteiger partial charge in [-0.2, -0.15) is 0 Å². The van der Waals surface area contributed by atoms with Crippen LogP contribution in [0.25, 0.3) is 0 Å². The molecule has 0 bridgehead atoms. The van der Waals surface area contributed by atoms with E-state index < -0.39 is 0 Å². The fourth-order valence-electron chi connectivity index (χ4n) is 1.76. The van der Waals surface area contributed by atoms with E-state index in [0.29, 0.717) is 6.54 Å². The molecule has 1 rings (SSSR count). The van der Waals surface area contributed by atoms with E-state index in [4.69, 9.17) is 5.11 Å². The molecule has 94 valence electrons. The summed E-state index contributed by atoms with van der Waals surface area (Å²) in [6.45, 7) is 6.23. The average molecular weight is 228 g/mol. The number of carbonyl (C=O) groups is 1. The van der Waals surface area contributed by atoms with Crippen molar-refractivity contribution in [2.24, 2.45) is 5.41 Å². The molecule has 16 heavy (non-hydrogen) atoms. The molecule has 4 nitrogen and oxygen atoms in total. The number of nitrogens with one attached hydrogen (secondary N) is 1. The van der Waals surface area contributed by atoms with Crippen molar-refractivity contribution < 1.29 is 9.90 Å². The normalized spacial score (nSPS) is 18.1. The number of rotatable bonds is 3. The second-order valence-electron chi connectivity index (χ2n) is 5.38. The lowest BCUT2D eigenvalue weighted by Gasteiger charge is -2.26. The number of aliphatic hydroxyl groups is 1. The van der Waals surface area contributed by atoms with Gasteiger partial charge >= 0.3 is 6.03 Å². The molecule has 0 aromatic heterocycles. The van der Waals surface area contributed by atoms with Crippen LogP contribution in [-0.4, -0.2) is 42.3 Å². The van der Waals surface area contributed by atoms with Gasteiger partial charge in [0, 0.05) is 31.7 Å². The van der Waals surface area contributed by atoms with Gasteiger partial charge in [-0.05, 0) is 12.8 Å². The van der Waals surface area contributed by atoms with Gasteiger partial charge in [0.2, 0.25) is 0 Å². The van der Waals surface area contributed by atoms with Crippen molar-refractivity contribution in [3.05, 3.63) is 0 Å². The van der Waals surface area contributed by atoms with Gasteiger partial charge in [-0.1, -0.05) is 26.7 Å². The summed E-state index contributed by atoms with van der Waals surface area (Å²) in [6, 6.07) is 0.0171. The third-order valence-electron chi connectivity index (χ3n) is 3.04. The Labute approximate surface area is 98.0 Å². The molecule has 0 spiro atoms. The Morgan fingerprint density at radius 3 is 2.31 bits per heavy atom. The van der Waals surface area contributed by atoms with E-state index >= 15 is 0 Å². The predicted molar refractivity (Wildman–Crippen MR) is 64.3 cm³/mol. The second kappa shape index (κ2) is 6.09. The maximum atomic E-state index is 11.8. The Kier molecular flexibility index (Phi) is 5.06. The highest BCUT2D eigenvalue weighted by atomic mass is 16.3. The maximum Gasteiger partial charge on any atom is 0.317 e. The van der Waals surface area contributed by atoms with Gasteiger partial charge in [0.1, 0.15) is 0 Å². The SMILES string of the molecule is CC(C)(CO)CNC(=O)N1CCCCCC1. The summed E-state index contributed by atoms with van der Waals surface area (Å²) < 4.78 is 0. The molecule has 1 saturated heterocycles. The first-order chi connectivity index (χ1) is 7.55. The molecule has 1 fully saturated rings. The van der Waals surface area contributed by atoms with Crippen LogP contribution in [0.15, 0.2) is 0 Å². The van der Waals surface area contributed by atoms with Crippen molar-refractivity contribution in [1.82, 2.24) is 10.2 Å². The summed E-state index contributed by atoms with van der Waals surface area (Å²) in [7, 11) is 0. The minimum atomic E-state index is -0.235.